The summed E-state index contributed by atoms with van der Waals surface area (Å²) in [5.41, 5.74) is 2.20. The van der Waals surface area contributed by atoms with Gasteiger partial charge in [-0.3, -0.25) is 4.55 Å². The third kappa shape index (κ3) is 4.02. The molecule has 5 nitrogen and oxygen atoms in total. The minimum atomic E-state index is -4.33. The lowest BCUT2D eigenvalue weighted by atomic mass is 9.47. The van der Waals surface area contributed by atoms with Crippen LogP contribution < -0.4 is 0 Å². The number of aliphatic hydroxyl groups is 1. The second-order valence-corrected chi connectivity index (χ2v) is 12.3. The van der Waals surface area contributed by atoms with Crippen molar-refractivity contribution in [2.45, 2.75) is 91.1 Å². The van der Waals surface area contributed by atoms with Crippen molar-refractivity contribution in [2.24, 2.45) is 40.4 Å². The van der Waals surface area contributed by atoms with Crippen molar-refractivity contribution in [3.63, 3.8) is 0 Å². The number of rotatable bonds is 6. The lowest BCUT2D eigenvalue weighted by molar-refractivity contribution is -0.0573. The highest BCUT2D eigenvalue weighted by Gasteiger charge is 2.59. The fraction of sp³-hybridized carbons (Fsp3) is 0.917. The van der Waals surface area contributed by atoms with E-state index in [0.29, 0.717) is 29.1 Å². The zero-order valence-corrected chi connectivity index (χ0v) is 19.7. The predicted octanol–water partition coefficient (Wildman–Crippen LogP) is 5.16. The first-order valence-electron chi connectivity index (χ1n) is 12.0. The minimum Gasteiger partial charge on any atom is -0.393 e. The first-order valence-corrected chi connectivity index (χ1v) is 13.4. The molecule has 0 amide bonds. The van der Waals surface area contributed by atoms with Crippen LogP contribution in [0, 0.1) is 40.4 Å². The summed E-state index contributed by atoms with van der Waals surface area (Å²) in [6.45, 7) is 7.40. The lowest BCUT2D eigenvalue weighted by Gasteiger charge is -2.58. The summed E-state index contributed by atoms with van der Waals surface area (Å²) in [6, 6.07) is 0. The lowest BCUT2D eigenvalue weighted by Crippen LogP contribution is -2.50. The Bertz CT molecular complexity index is 776. The van der Waals surface area contributed by atoms with Gasteiger partial charge in [-0.15, -0.1) is 0 Å². The van der Waals surface area contributed by atoms with Crippen LogP contribution in [-0.2, 0) is 14.6 Å². The Morgan fingerprint density at radius 1 is 1.17 bits per heavy atom. The van der Waals surface area contributed by atoms with Crippen molar-refractivity contribution >= 4 is 10.4 Å². The Balaban J connectivity index is 1.44. The van der Waals surface area contributed by atoms with Crippen LogP contribution in [0.1, 0.15) is 85.0 Å². The van der Waals surface area contributed by atoms with Gasteiger partial charge < -0.3 is 5.11 Å². The van der Waals surface area contributed by atoms with E-state index >= 15 is 0 Å². The normalized spacial score (nSPS) is 44.6. The van der Waals surface area contributed by atoms with Crippen molar-refractivity contribution in [2.75, 3.05) is 6.61 Å². The van der Waals surface area contributed by atoms with Crippen molar-refractivity contribution in [1.82, 2.24) is 0 Å². The highest BCUT2D eigenvalue weighted by Crippen LogP contribution is 2.67. The first kappa shape index (κ1) is 22.8. The van der Waals surface area contributed by atoms with Gasteiger partial charge in [-0.2, -0.15) is 8.42 Å². The van der Waals surface area contributed by atoms with Crippen LogP contribution in [0.25, 0.3) is 0 Å². The molecule has 0 aromatic carbocycles. The van der Waals surface area contributed by atoms with Crippen LogP contribution in [0.15, 0.2) is 11.6 Å². The van der Waals surface area contributed by atoms with E-state index in [0.717, 1.165) is 43.4 Å². The third-order valence-corrected chi connectivity index (χ3v) is 10.3. The molecule has 4 aliphatic carbocycles. The van der Waals surface area contributed by atoms with Crippen LogP contribution in [0.4, 0.5) is 0 Å². The molecule has 3 fully saturated rings. The molecule has 6 heteroatoms. The van der Waals surface area contributed by atoms with Crippen LogP contribution >= 0.6 is 0 Å². The molecule has 172 valence electrons. The Labute approximate surface area is 182 Å². The van der Waals surface area contributed by atoms with Gasteiger partial charge in [-0.25, -0.2) is 4.18 Å². The van der Waals surface area contributed by atoms with Gasteiger partial charge in [0.1, 0.15) is 0 Å². The molecule has 8 atom stereocenters. The van der Waals surface area contributed by atoms with Gasteiger partial charge in [0.2, 0.25) is 0 Å². The van der Waals surface area contributed by atoms with E-state index in [2.05, 4.69) is 31.0 Å². The molecule has 4 unspecified atom stereocenters. The Morgan fingerprint density at radius 3 is 2.67 bits per heavy atom. The molecular weight excluding hydrogens is 400 g/mol. The number of allylic oxidation sites excluding steroid dienone is 1. The van der Waals surface area contributed by atoms with Gasteiger partial charge in [0.05, 0.1) is 12.7 Å². The molecule has 0 aliphatic heterocycles. The van der Waals surface area contributed by atoms with Gasteiger partial charge in [0, 0.05) is 0 Å². The fourth-order valence-electron chi connectivity index (χ4n) is 8.39. The molecule has 0 heterocycles. The van der Waals surface area contributed by atoms with E-state index in [1.807, 2.05) is 0 Å². The van der Waals surface area contributed by atoms with Crippen molar-refractivity contribution in [1.29, 1.82) is 0 Å². The molecule has 4 aliphatic rings. The van der Waals surface area contributed by atoms with E-state index in [1.165, 1.54) is 37.7 Å². The molecule has 0 radical (unpaired) electrons. The summed E-state index contributed by atoms with van der Waals surface area (Å²) < 4.78 is 34.8. The zero-order valence-electron chi connectivity index (χ0n) is 18.8. The Kier molecular flexibility index (Phi) is 6.19. The van der Waals surface area contributed by atoms with Gasteiger partial charge in [0.25, 0.3) is 0 Å². The molecule has 3 saturated carbocycles. The number of hydrogen-bond acceptors (Lipinski definition) is 4. The molecular formula is C24H40O5S. The maximum absolute atomic E-state index is 10.8. The van der Waals surface area contributed by atoms with E-state index in [9.17, 15) is 13.5 Å². The summed E-state index contributed by atoms with van der Waals surface area (Å²) in [6.07, 6.45) is 13.3. The van der Waals surface area contributed by atoms with E-state index < -0.39 is 10.4 Å². The summed E-state index contributed by atoms with van der Waals surface area (Å²) in [5.74, 6) is 3.53. The molecule has 0 aromatic rings. The van der Waals surface area contributed by atoms with Crippen LogP contribution in [-0.4, -0.2) is 30.8 Å². The van der Waals surface area contributed by atoms with Crippen molar-refractivity contribution < 1.29 is 22.3 Å². The average molecular weight is 441 g/mol. The summed E-state index contributed by atoms with van der Waals surface area (Å²) in [5, 5.41) is 10.2. The molecule has 0 bridgehead atoms. The summed E-state index contributed by atoms with van der Waals surface area (Å²) in [4.78, 5) is 0. The molecule has 4 rings (SSSR count). The first-order chi connectivity index (χ1) is 14.0. The average Bonchev–Trinajstić information content (AvgIpc) is 3.02. The quantitative estimate of drug-likeness (QED) is 0.338. The molecule has 0 aromatic heterocycles. The molecule has 2 N–H and O–H groups in total. The number of fused-ring (bicyclic) bond motifs is 5. The minimum absolute atomic E-state index is 0.0680. The maximum atomic E-state index is 10.8. The number of hydrogen-bond donors (Lipinski definition) is 2. The number of aliphatic hydroxyl groups excluding tert-OH is 1. The largest absolute Gasteiger partial charge is 0.397 e. The second kappa shape index (κ2) is 8.17. The van der Waals surface area contributed by atoms with Gasteiger partial charge >= 0.3 is 10.4 Å². The highest BCUT2D eigenvalue weighted by molar-refractivity contribution is 7.80. The standard InChI is InChI=1S/C24H40O5S/c1-16(5-4-14-29-30(26,27)28)20-8-9-21-19-7-6-17-15-18(25)10-12-23(17,2)22(19)11-13-24(20,21)3/h6,16,18-22,25H,4-5,7-15H2,1-3H3,(H,26,27,28)/t16-,18+,19?,20?,21?,22?,23+,24-/m1/s1. The second-order valence-electron chi connectivity index (χ2n) is 11.3. The summed E-state index contributed by atoms with van der Waals surface area (Å²) >= 11 is 0. The molecule has 30 heavy (non-hydrogen) atoms. The van der Waals surface area contributed by atoms with Crippen molar-refractivity contribution in [3.05, 3.63) is 11.6 Å². The molecule has 0 saturated heterocycles. The smallest absolute Gasteiger partial charge is 0.393 e. The Hall–Kier alpha value is -0.430. The van der Waals surface area contributed by atoms with Gasteiger partial charge in [0.15, 0.2) is 0 Å². The third-order valence-electron chi connectivity index (χ3n) is 9.87. The topological polar surface area (TPSA) is 83.8 Å². The van der Waals surface area contributed by atoms with Crippen LogP contribution in [0.5, 0.6) is 0 Å². The SMILES string of the molecule is C[C@H](CCCOS(=O)(=O)O)C1CCC2C3CC=C4C[C@@H](O)CC[C@]4(C)C3CC[C@@]21C. The maximum Gasteiger partial charge on any atom is 0.397 e. The van der Waals surface area contributed by atoms with Crippen molar-refractivity contribution in [3.8, 4) is 0 Å². The van der Waals surface area contributed by atoms with E-state index in [1.54, 1.807) is 0 Å². The van der Waals surface area contributed by atoms with Gasteiger partial charge in [-0.1, -0.05) is 32.4 Å². The highest BCUT2D eigenvalue weighted by atomic mass is 32.3. The van der Waals surface area contributed by atoms with Gasteiger partial charge in [-0.05, 0) is 105 Å². The molecule has 0 spiro atoms. The van der Waals surface area contributed by atoms with Crippen LogP contribution in [0.2, 0.25) is 0 Å². The Morgan fingerprint density at radius 2 is 1.93 bits per heavy atom. The fourth-order valence-corrected chi connectivity index (χ4v) is 8.72. The van der Waals surface area contributed by atoms with E-state index in [-0.39, 0.29) is 12.7 Å². The van der Waals surface area contributed by atoms with E-state index in [4.69, 9.17) is 4.55 Å². The summed E-state index contributed by atoms with van der Waals surface area (Å²) in [7, 11) is -4.33. The predicted molar refractivity (Wildman–Crippen MR) is 117 cm³/mol. The van der Waals surface area contributed by atoms with Crippen LogP contribution in [0.3, 0.4) is 0 Å². The monoisotopic (exact) mass is 440 g/mol. The zero-order chi connectivity index (χ0) is 21.7.